The number of furan rings is 1. The van der Waals surface area contributed by atoms with Gasteiger partial charge in [0.05, 0.1) is 0 Å². The van der Waals surface area contributed by atoms with Gasteiger partial charge in [-0.1, -0.05) is 0 Å². The van der Waals surface area contributed by atoms with Gasteiger partial charge in [-0.3, -0.25) is 0 Å². The van der Waals surface area contributed by atoms with Crippen molar-refractivity contribution in [3.63, 3.8) is 0 Å². The molecular weight excluding hydrogens is 226 g/mol. The largest absolute Gasteiger partial charge is 0.480 e. The fraction of sp³-hybridized carbons (Fsp3) is 0.286. The van der Waals surface area contributed by atoms with E-state index in [0.29, 0.717) is 4.67 Å². The zero-order valence-electron chi connectivity index (χ0n) is 6.37. The molecule has 66 valence electrons. The van der Waals surface area contributed by atoms with E-state index in [2.05, 4.69) is 15.9 Å². The van der Waals surface area contributed by atoms with Crippen LogP contribution in [-0.4, -0.2) is 11.1 Å². The van der Waals surface area contributed by atoms with Gasteiger partial charge in [-0.25, -0.2) is 4.79 Å². The average Bonchev–Trinajstić information content (AvgIpc) is 2.35. The molecule has 0 aromatic carbocycles. The molecule has 1 aromatic heterocycles. The molecule has 0 aliphatic heterocycles. The summed E-state index contributed by atoms with van der Waals surface area (Å²) in [4.78, 5) is 10.6. The van der Waals surface area contributed by atoms with Crippen molar-refractivity contribution >= 4 is 21.9 Å². The fourth-order valence-corrected chi connectivity index (χ4v) is 1.01. The quantitative estimate of drug-likeness (QED) is 0.808. The Morgan fingerprint density at radius 1 is 1.75 bits per heavy atom. The van der Waals surface area contributed by atoms with Crippen LogP contribution in [0.4, 0.5) is 0 Å². The van der Waals surface area contributed by atoms with E-state index in [9.17, 15) is 4.79 Å². The Labute approximate surface area is 77.5 Å². The van der Waals surface area contributed by atoms with Crippen LogP contribution in [0.1, 0.15) is 12.7 Å². The van der Waals surface area contributed by atoms with Crippen LogP contribution in [0.5, 0.6) is 0 Å². The van der Waals surface area contributed by atoms with Crippen LogP contribution in [0.25, 0.3) is 0 Å². The molecule has 0 fully saturated rings. The van der Waals surface area contributed by atoms with E-state index in [0.717, 1.165) is 0 Å². The Bertz CT molecular complexity index is 305. The number of nitrogens with two attached hydrogens (primary N) is 1. The minimum absolute atomic E-state index is 0.224. The summed E-state index contributed by atoms with van der Waals surface area (Å²) in [6.07, 6.45) is 0. The third kappa shape index (κ3) is 1.51. The van der Waals surface area contributed by atoms with Gasteiger partial charge >= 0.3 is 5.97 Å². The summed E-state index contributed by atoms with van der Waals surface area (Å²) < 4.78 is 5.49. The SMILES string of the molecule is C[C@@](N)(C(=O)O)c1ccc(Br)o1. The van der Waals surface area contributed by atoms with Crippen LogP contribution in [0.2, 0.25) is 0 Å². The molecule has 3 N–H and O–H groups in total. The predicted octanol–water partition coefficient (Wildman–Crippen LogP) is 1.30. The lowest BCUT2D eigenvalue weighted by molar-refractivity contribution is -0.143. The highest BCUT2D eigenvalue weighted by Crippen LogP contribution is 2.23. The molecule has 0 aliphatic rings. The van der Waals surface area contributed by atoms with Crippen LogP contribution in [0.3, 0.4) is 0 Å². The second-order valence-electron chi connectivity index (χ2n) is 2.61. The van der Waals surface area contributed by atoms with Gasteiger partial charge in [-0.15, -0.1) is 0 Å². The van der Waals surface area contributed by atoms with Gasteiger partial charge in [0, 0.05) is 0 Å². The topological polar surface area (TPSA) is 76.5 Å². The first-order valence-electron chi connectivity index (χ1n) is 3.22. The monoisotopic (exact) mass is 233 g/mol. The average molecular weight is 234 g/mol. The molecule has 12 heavy (non-hydrogen) atoms. The highest BCUT2D eigenvalue weighted by atomic mass is 79.9. The summed E-state index contributed by atoms with van der Waals surface area (Å²) in [6, 6.07) is 3.13. The van der Waals surface area contributed by atoms with Crippen molar-refractivity contribution < 1.29 is 14.3 Å². The van der Waals surface area contributed by atoms with Crippen molar-refractivity contribution in [2.24, 2.45) is 5.73 Å². The highest BCUT2D eigenvalue weighted by molar-refractivity contribution is 9.10. The van der Waals surface area contributed by atoms with E-state index in [1.165, 1.54) is 13.0 Å². The van der Waals surface area contributed by atoms with E-state index >= 15 is 0 Å². The van der Waals surface area contributed by atoms with Gasteiger partial charge in [0.25, 0.3) is 0 Å². The first-order chi connectivity index (χ1) is 5.44. The number of carbonyl (C=O) groups is 1. The maximum atomic E-state index is 10.6. The smallest absolute Gasteiger partial charge is 0.331 e. The third-order valence-electron chi connectivity index (χ3n) is 1.53. The Balaban J connectivity index is 3.05. The second-order valence-corrected chi connectivity index (χ2v) is 3.39. The molecule has 0 saturated heterocycles. The van der Waals surface area contributed by atoms with Gasteiger partial charge in [0.2, 0.25) is 0 Å². The zero-order chi connectivity index (χ0) is 9.35. The summed E-state index contributed by atoms with van der Waals surface area (Å²) >= 11 is 3.06. The van der Waals surface area contributed by atoms with Gasteiger partial charge in [0.1, 0.15) is 5.76 Å². The number of carboxylic acid groups (broad SMARTS) is 1. The Morgan fingerprint density at radius 3 is 2.67 bits per heavy atom. The van der Waals surface area contributed by atoms with Gasteiger partial charge < -0.3 is 15.3 Å². The number of hydrogen-bond acceptors (Lipinski definition) is 3. The number of halogens is 1. The normalized spacial score (nSPS) is 15.6. The van der Waals surface area contributed by atoms with Gasteiger partial charge in [-0.05, 0) is 35.0 Å². The van der Waals surface area contributed by atoms with Crippen LogP contribution in [0.15, 0.2) is 21.2 Å². The molecule has 0 saturated carbocycles. The molecule has 0 radical (unpaired) electrons. The molecule has 0 amide bonds. The lowest BCUT2D eigenvalue weighted by atomic mass is 10.0. The Kier molecular flexibility index (Phi) is 2.25. The summed E-state index contributed by atoms with van der Waals surface area (Å²) in [5.74, 6) is -0.897. The van der Waals surface area contributed by atoms with Gasteiger partial charge in [0.15, 0.2) is 10.2 Å². The highest BCUT2D eigenvalue weighted by Gasteiger charge is 2.33. The number of hydrogen-bond donors (Lipinski definition) is 2. The molecule has 0 bridgehead atoms. The molecule has 4 nitrogen and oxygen atoms in total. The number of aliphatic carboxylic acids is 1. The third-order valence-corrected chi connectivity index (χ3v) is 1.96. The standard InChI is InChI=1S/C7H8BrNO3/c1-7(9,6(10)11)4-2-3-5(8)12-4/h2-3H,9H2,1H3,(H,10,11)/t7-/m0/s1. The van der Waals surface area contributed by atoms with Crippen LogP contribution in [0, 0.1) is 0 Å². The van der Waals surface area contributed by atoms with Gasteiger partial charge in [-0.2, -0.15) is 0 Å². The Morgan fingerprint density at radius 2 is 2.33 bits per heavy atom. The Hall–Kier alpha value is -0.810. The van der Waals surface area contributed by atoms with Crippen molar-refractivity contribution in [1.82, 2.24) is 0 Å². The fourth-order valence-electron chi connectivity index (χ4n) is 0.699. The van der Waals surface area contributed by atoms with Crippen molar-refractivity contribution in [3.05, 3.63) is 22.6 Å². The van der Waals surface area contributed by atoms with Crippen molar-refractivity contribution in [2.45, 2.75) is 12.5 Å². The van der Waals surface area contributed by atoms with Crippen LogP contribution >= 0.6 is 15.9 Å². The molecule has 1 atom stereocenters. The molecular formula is C7H8BrNO3. The molecule has 0 aliphatic carbocycles. The maximum Gasteiger partial charge on any atom is 0.331 e. The number of carboxylic acids is 1. The molecule has 1 aromatic rings. The van der Waals surface area contributed by atoms with E-state index in [1.807, 2.05) is 0 Å². The maximum absolute atomic E-state index is 10.6. The summed E-state index contributed by atoms with van der Waals surface area (Å²) in [6.45, 7) is 1.38. The van der Waals surface area contributed by atoms with E-state index < -0.39 is 11.5 Å². The van der Waals surface area contributed by atoms with Crippen LogP contribution < -0.4 is 5.73 Å². The lowest BCUT2D eigenvalue weighted by Crippen LogP contribution is -2.41. The van der Waals surface area contributed by atoms with Crippen LogP contribution in [-0.2, 0) is 10.3 Å². The van der Waals surface area contributed by atoms with Crippen molar-refractivity contribution in [1.29, 1.82) is 0 Å². The first-order valence-corrected chi connectivity index (χ1v) is 4.02. The molecule has 0 spiro atoms. The minimum Gasteiger partial charge on any atom is -0.480 e. The summed E-state index contributed by atoms with van der Waals surface area (Å²) in [7, 11) is 0. The van der Waals surface area contributed by atoms with Crippen molar-refractivity contribution in [2.75, 3.05) is 0 Å². The van der Waals surface area contributed by atoms with E-state index in [-0.39, 0.29) is 5.76 Å². The van der Waals surface area contributed by atoms with E-state index in [4.69, 9.17) is 15.3 Å². The molecule has 1 rings (SSSR count). The lowest BCUT2D eigenvalue weighted by Gasteiger charge is -2.15. The molecule has 1 heterocycles. The predicted molar refractivity (Wildman–Crippen MR) is 45.6 cm³/mol. The molecule has 0 unspecified atom stereocenters. The minimum atomic E-state index is -1.47. The van der Waals surface area contributed by atoms with E-state index in [1.54, 1.807) is 6.07 Å². The summed E-state index contributed by atoms with van der Waals surface area (Å²) in [5, 5.41) is 8.70. The number of rotatable bonds is 2. The molecule has 5 heteroatoms. The zero-order valence-corrected chi connectivity index (χ0v) is 7.96. The summed E-state index contributed by atoms with van der Waals surface area (Å²) in [5.41, 5.74) is 4.01. The first kappa shape index (κ1) is 9.28. The second kappa shape index (κ2) is 2.91. The van der Waals surface area contributed by atoms with Crippen molar-refractivity contribution in [3.8, 4) is 0 Å².